The number of halogens is 2. The van der Waals surface area contributed by atoms with Crippen molar-refractivity contribution in [3.63, 3.8) is 0 Å². The van der Waals surface area contributed by atoms with Gasteiger partial charge < -0.3 is 15.0 Å². The molecule has 0 aliphatic carbocycles. The van der Waals surface area contributed by atoms with Gasteiger partial charge in [0.05, 0.1) is 23.3 Å². The van der Waals surface area contributed by atoms with E-state index in [2.05, 4.69) is 10.2 Å². The molecule has 2 heterocycles. The van der Waals surface area contributed by atoms with Crippen LogP contribution in [-0.2, 0) is 4.74 Å². The third kappa shape index (κ3) is 5.23. The average molecular weight is 386 g/mol. The summed E-state index contributed by atoms with van der Waals surface area (Å²) in [6.07, 6.45) is 4.32. The summed E-state index contributed by atoms with van der Waals surface area (Å²) in [5, 5.41) is 3.89. The summed E-state index contributed by atoms with van der Waals surface area (Å²) < 4.78 is 5.40. The van der Waals surface area contributed by atoms with Gasteiger partial charge in [0.15, 0.2) is 0 Å². The smallest absolute Gasteiger partial charge is 0.322 e. The number of benzene rings is 1. The molecule has 5 nitrogen and oxygen atoms in total. The van der Waals surface area contributed by atoms with Crippen LogP contribution in [-0.4, -0.2) is 61.3 Å². The number of amides is 2. The molecule has 25 heavy (non-hydrogen) atoms. The van der Waals surface area contributed by atoms with E-state index in [9.17, 15) is 4.79 Å². The monoisotopic (exact) mass is 385 g/mol. The van der Waals surface area contributed by atoms with Crippen molar-refractivity contribution in [1.82, 2.24) is 9.80 Å². The Kier molecular flexibility index (Phi) is 6.82. The van der Waals surface area contributed by atoms with Crippen molar-refractivity contribution < 1.29 is 9.53 Å². The molecular weight excluding hydrogens is 361 g/mol. The number of urea groups is 1. The summed E-state index contributed by atoms with van der Waals surface area (Å²) in [6.45, 7) is 5.42. The minimum atomic E-state index is -0.0509. The number of likely N-dealkylation sites (tertiary alicyclic amines) is 1. The first-order valence-electron chi connectivity index (χ1n) is 8.96. The van der Waals surface area contributed by atoms with Gasteiger partial charge in [-0.3, -0.25) is 4.90 Å². The maximum Gasteiger partial charge on any atom is 0.322 e. The van der Waals surface area contributed by atoms with Gasteiger partial charge in [-0.25, -0.2) is 4.79 Å². The predicted octanol–water partition coefficient (Wildman–Crippen LogP) is 4.10. The second-order valence-corrected chi connectivity index (χ2v) is 7.46. The molecule has 0 spiro atoms. The summed E-state index contributed by atoms with van der Waals surface area (Å²) in [5.74, 6) is 0. The van der Waals surface area contributed by atoms with Crippen molar-refractivity contribution >= 4 is 34.9 Å². The van der Waals surface area contributed by atoms with Crippen molar-refractivity contribution in [2.75, 3.05) is 44.7 Å². The zero-order valence-electron chi connectivity index (χ0n) is 14.3. The molecule has 2 fully saturated rings. The highest BCUT2D eigenvalue weighted by molar-refractivity contribution is 6.42. The topological polar surface area (TPSA) is 44.8 Å². The maximum absolute atomic E-state index is 12.7. The van der Waals surface area contributed by atoms with E-state index < -0.39 is 0 Å². The number of nitrogens with one attached hydrogen (secondary N) is 1. The Balaban J connectivity index is 1.57. The Morgan fingerprint density at radius 1 is 1.16 bits per heavy atom. The Morgan fingerprint density at radius 3 is 2.72 bits per heavy atom. The van der Waals surface area contributed by atoms with Crippen LogP contribution in [0, 0.1) is 0 Å². The lowest BCUT2D eigenvalue weighted by Crippen LogP contribution is -2.48. The van der Waals surface area contributed by atoms with E-state index in [0.717, 1.165) is 58.7 Å². The second kappa shape index (κ2) is 9.08. The molecule has 1 aromatic carbocycles. The Labute approximate surface area is 159 Å². The first-order valence-corrected chi connectivity index (χ1v) is 9.72. The number of hydrogen-bond donors (Lipinski definition) is 1. The highest BCUT2D eigenvalue weighted by Crippen LogP contribution is 2.26. The largest absolute Gasteiger partial charge is 0.379 e. The quantitative estimate of drug-likeness (QED) is 0.848. The maximum atomic E-state index is 12.7. The molecule has 2 aliphatic rings. The molecule has 138 valence electrons. The molecule has 1 aromatic rings. The molecule has 0 radical (unpaired) electrons. The SMILES string of the molecule is O=C(Nc1ccc(Cl)c(Cl)c1)N1CCCC[C@@H]1CCN1CCOCC1. The van der Waals surface area contributed by atoms with Crippen LogP contribution in [0.1, 0.15) is 25.7 Å². The van der Waals surface area contributed by atoms with Crippen molar-refractivity contribution in [3.05, 3.63) is 28.2 Å². The van der Waals surface area contributed by atoms with Gasteiger partial charge in [-0.15, -0.1) is 0 Å². The van der Waals surface area contributed by atoms with E-state index in [1.54, 1.807) is 18.2 Å². The number of ether oxygens (including phenoxy) is 1. The molecule has 7 heteroatoms. The normalized spacial score (nSPS) is 22.0. The third-order valence-electron chi connectivity index (χ3n) is 4.94. The van der Waals surface area contributed by atoms with E-state index >= 15 is 0 Å². The van der Waals surface area contributed by atoms with Gasteiger partial charge in [0, 0.05) is 37.9 Å². The number of piperidine rings is 1. The Bertz CT molecular complexity index is 594. The first kappa shape index (κ1) is 18.8. The molecule has 2 amide bonds. The fraction of sp³-hybridized carbons (Fsp3) is 0.611. The van der Waals surface area contributed by atoms with Crippen LogP contribution in [0.5, 0.6) is 0 Å². The van der Waals surface area contributed by atoms with Crippen molar-refractivity contribution in [1.29, 1.82) is 0 Å². The van der Waals surface area contributed by atoms with Gasteiger partial charge in [0.2, 0.25) is 0 Å². The third-order valence-corrected chi connectivity index (χ3v) is 5.68. The average Bonchev–Trinajstić information content (AvgIpc) is 2.64. The summed E-state index contributed by atoms with van der Waals surface area (Å²) in [4.78, 5) is 17.1. The number of hydrogen-bond acceptors (Lipinski definition) is 3. The fourth-order valence-corrected chi connectivity index (χ4v) is 3.79. The van der Waals surface area contributed by atoms with Crippen molar-refractivity contribution in [2.24, 2.45) is 0 Å². The highest BCUT2D eigenvalue weighted by atomic mass is 35.5. The molecule has 2 aliphatic heterocycles. The standard InChI is InChI=1S/C18H25Cl2N3O2/c19-16-5-4-14(13-17(16)20)21-18(24)23-7-2-1-3-15(23)6-8-22-9-11-25-12-10-22/h4-5,13,15H,1-3,6-12H2,(H,21,24)/t15-/m1/s1. The van der Waals surface area contributed by atoms with Crippen LogP contribution >= 0.6 is 23.2 Å². The van der Waals surface area contributed by atoms with Crippen LogP contribution in [0.2, 0.25) is 10.0 Å². The molecule has 0 unspecified atom stereocenters. The molecule has 2 saturated heterocycles. The van der Waals surface area contributed by atoms with Gasteiger partial charge in [0.25, 0.3) is 0 Å². The number of morpholine rings is 1. The van der Waals surface area contributed by atoms with Gasteiger partial charge in [-0.05, 0) is 43.9 Å². The zero-order chi connectivity index (χ0) is 17.6. The van der Waals surface area contributed by atoms with E-state index in [0.29, 0.717) is 21.8 Å². The molecule has 1 N–H and O–H groups in total. The number of carbonyl (C=O) groups excluding carboxylic acids is 1. The number of carbonyl (C=O) groups is 1. The molecule has 1 atom stereocenters. The summed E-state index contributed by atoms with van der Waals surface area (Å²) in [7, 11) is 0. The molecule has 0 aromatic heterocycles. The van der Waals surface area contributed by atoms with Crippen LogP contribution in [0.25, 0.3) is 0 Å². The van der Waals surface area contributed by atoms with Crippen LogP contribution in [0.3, 0.4) is 0 Å². The zero-order valence-corrected chi connectivity index (χ0v) is 15.9. The predicted molar refractivity (Wildman–Crippen MR) is 102 cm³/mol. The van der Waals surface area contributed by atoms with Gasteiger partial charge in [0.1, 0.15) is 0 Å². The second-order valence-electron chi connectivity index (χ2n) is 6.64. The van der Waals surface area contributed by atoms with Crippen molar-refractivity contribution in [2.45, 2.75) is 31.7 Å². The fourth-order valence-electron chi connectivity index (χ4n) is 3.49. The summed E-state index contributed by atoms with van der Waals surface area (Å²) in [6, 6.07) is 5.41. The summed E-state index contributed by atoms with van der Waals surface area (Å²) in [5.41, 5.74) is 0.678. The lowest BCUT2D eigenvalue weighted by molar-refractivity contribution is 0.0329. The number of nitrogens with zero attached hydrogens (tertiary/aromatic N) is 2. The minimum Gasteiger partial charge on any atom is -0.379 e. The lowest BCUT2D eigenvalue weighted by atomic mass is 9.99. The van der Waals surface area contributed by atoms with Crippen molar-refractivity contribution in [3.8, 4) is 0 Å². The van der Waals surface area contributed by atoms with Crippen LogP contribution in [0.15, 0.2) is 18.2 Å². The van der Waals surface area contributed by atoms with E-state index in [-0.39, 0.29) is 6.03 Å². The Hall–Kier alpha value is -1.01. The van der Waals surface area contributed by atoms with Crippen LogP contribution < -0.4 is 5.32 Å². The van der Waals surface area contributed by atoms with Gasteiger partial charge >= 0.3 is 6.03 Å². The number of anilines is 1. The highest BCUT2D eigenvalue weighted by Gasteiger charge is 2.27. The minimum absolute atomic E-state index is 0.0509. The first-order chi connectivity index (χ1) is 12.1. The molecule has 0 bridgehead atoms. The summed E-state index contributed by atoms with van der Waals surface area (Å²) >= 11 is 12.0. The molecule has 0 saturated carbocycles. The Morgan fingerprint density at radius 2 is 1.96 bits per heavy atom. The van der Waals surface area contributed by atoms with E-state index in [4.69, 9.17) is 27.9 Å². The van der Waals surface area contributed by atoms with E-state index in [1.165, 1.54) is 6.42 Å². The van der Waals surface area contributed by atoms with Gasteiger partial charge in [-0.1, -0.05) is 23.2 Å². The molecule has 3 rings (SSSR count). The van der Waals surface area contributed by atoms with Gasteiger partial charge in [-0.2, -0.15) is 0 Å². The lowest BCUT2D eigenvalue weighted by Gasteiger charge is -2.37. The van der Waals surface area contributed by atoms with Crippen LogP contribution in [0.4, 0.5) is 10.5 Å². The number of rotatable bonds is 4. The molecular formula is C18H25Cl2N3O2. The van der Waals surface area contributed by atoms with E-state index in [1.807, 2.05) is 4.90 Å².